The van der Waals surface area contributed by atoms with E-state index in [2.05, 4.69) is 82.1 Å². The molecule has 1 saturated heterocycles. The van der Waals surface area contributed by atoms with E-state index in [4.69, 9.17) is 0 Å². The Morgan fingerprint density at radius 1 is 0.857 bits per heavy atom. The van der Waals surface area contributed by atoms with Crippen LogP contribution >= 0.6 is 22.6 Å². The molecule has 0 aromatic heterocycles. The van der Waals surface area contributed by atoms with Gasteiger partial charge in [0.15, 0.2) is 0 Å². The maximum absolute atomic E-state index is 2.68. The Bertz CT molecular complexity index is 544. The first-order valence-corrected chi connectivity index (χ1v) is 8.94. The van der Waals surface area contributed by atoms with Crippen LogP contribution in [0.4, 0.5) is 0 Å². The molecule has 0 radical (unpaired) electrons. The molecule has 1 atom stereocenters. The molecule has 0 saturated carbocycles. The smallest absolute Gasteiger partial charge is 0.0388 e. The average molecular weight is 391 g/mol. The summed E-state index contributed by atoms with van der Waals surface area (Å²) in [6, 6.07) is 20.5. The van der Waals surface area contributed by atoms with Crippen molar-refractivity contribution in [3.63, 3.8) is 0 Å². The molecule has 1 heterocycles. The molecular formula is C19H22IN. The molecule has 0 aliphatic carbocycles. The fraction of sp³-hybridized carbons (Fsp3) is 0.368. The average Bonchev–Trinajstić information content (AvgIpc) is 2.55. The van der Waals surface area contributed by atoms with E-state index in [1.165, 1.54) is 47.0 Å². The third kappa shape index (κ3) is 4.07. The van der Waals surface area contributed by atoms with Gasteiger partial charge in [-0.05, 0) is 78.2 Å². The van der Waals surface area contributed by atoms with Crippen molar-refractivity contribution in [3.8, 4) is 0 Å². The number of nitrogens with zero attached hydrogens (tertiary/aromatic N) is 1. The quantitative estimate of drug-likeness (QED) is 0.659. The Kier molecular flexibility index (Phi) is 5.31. The Labute approximate surface area is 141 Å². The minimum absolute atomic E-state index is 0.518. The lowest BCUT2D eigenvalue weighted by atomic mass is 9.95. The van der Waals surface area contributed by atoms with Crippen LogP contribution in [0.3, 0.4) is 0 Å². The highest BCUT2D eigenvalue weighted by Crippen LogP contribution is 2.28. The summed E-state index contributed by atoms with van der Waals surface area (Å²) in [5, 5.41) is 0. The van der Waals surface area contributed by atoms with Crippen LogP contribution in [-0.4, -0.2) is 18.0 Å². The Balaban J connectivity index is 1.84. The Hall–Kier alpha value is -0.870. The van der Waals surface area contributed by atoms with Crippen LogP contribution in [-0.2, 0) is 6.42 Å². The van der Waals surface area contributed by atoms with Gasteiger partial charge in [0.05, 0.1) is 0 Å². The lowest BCUT2D eigenvalue weighted by Crippen LogP contribution is -2.34. The van der Waals surface area contributed by atoms with Crippen molar-refractivity contribution < 1.29 is 0 Å². The summed E-state index contributed by atoms with van der Waals surface area (Å²) in [6.07, 6.45) is 5.19. The van der Waals surface area contributed by atoms with Gasteiger partial charge in [0, 0.05) is 9.61 Å². The summed E-state index contributed by atoms with van der Waals surface area (Å²) in [4.78, 5) is 2.68. The number of benzene rings is 2. The fourth-order valence-electron chi connectivity index (χ4n) is 3.21. The first-order valence-electron chi connectivity index (χ1n) is 7.86. The van der Waals surface area contributed by atoms with Gasteiger partial charge in [-0.3, -0.25) is 4.90 Å². The molecule has 1 aliphatic heterocycles. The first-order chi connectivity index (χ1) is 10.3. The minimum atomic E-state index is 0.518. The summed E-state index contributed by atoms with van der Waals surface area (Å²) >= 11 is 2.38. The Morgan fingerprint density at radius 3 is 2.19 bits per heavy atom. The van der Waals surface area contributed by atoms with Crippen LogP contribution in [0.2, 0.25) is 0 Å². The van der Waals surface area contributed by atoms with E-state index in [1.54, 1.807) is 0 Å². The van der Waals surface area contributed by atoms with Gasteiger partial charge in [-0.25, -0.2) is 0 Å². The van der Waals surface area contributed by atoms with Gasteiger partial charge in [-0.1, -0.05) is 48.9 Å². The predicted octanol–water partition coefficient (Wildman–Crippen LogP) is 5.06. The van der Waals surface area contributed by atoms with Crippen molar-refractivity contribution in [2.45, 2.75) is 31.7 Å². The van der Waals surface area contributed by atoms with Gasteiger partial charge in [-0.15, -0.1) is 0 Å². The zero-order valence-corrected chi connectivity index (χ0v) is 14.5. The zero-order chi connectivity index (χ0) is 14.5. The van der Waals surface area contributed by atoms with Crippen LogP contribution in [0.15, 0.2) is 54.6 Å². The second kappa shape index (κ2) is 7.41. The molecule has 3 rings (SSSR count). The van der Waals surface area contributed by atoms with Crippen molar-refractivity contribution in [2.75, 3.05) is 13.1 Å². The molecule has 1 nitrogen and oxygen atoms in total. The van der Waals surface area contributed by atoms with Gasteiger partial charge in [-0.2, -0.15) is 0 Å². The lowest BCUT2D eigenvalue weighted by molar-refractivity contribution is 0.162. The van der Waals surface area contributed by atoms with E-state index < -0.39 is 0 Å². The standard InChI is InChI=1S/C19H22IN/c20-18-11-9-17(10-12-18)19(21-13-5-2-6-14-21)15-16-7-3-1-4-8-16/h1,3-4,7-12,19H,2,5-6,13-15H2. The van der Waals surface area contributed by atoms with Crippen LogP contribution in [0.5, 0.6) is 0 Å². The molecule has 2 aromatic carbocycles. The number of piperidine rings is 1. The molecule has 1 aliphatic rings. The van der Waals surface area contributed by atoms with Gasteiger partial charge in [0.25, 0.3) is 0 Å². The topological polar surface area (TPSA) is 3.24 Å². The molecule has 0 bridgehead atoms. The maximum atomic E-state index is 2.68. The molecule has 1 fully saturated rings. The molecule has 0 amide bonds. The molecule has 1 unspecified atom stereocenters. The summed E-state index contributed by atoms with van der Waals surface area (Å²) in [7, 11) is 0. The van der Waals surface area contributed by atoms with E-state index in [-0.39, 0.29) is 0 Å². The first kappa shape index (κ1) is 15.0. The Morgan fingerprint density at radius 2 is 1.52 bits per heavy atom. The highest BCUT2D eigenvalue weighted by Gasteiger charge is 2.22. The molecule has 2 aromatic rings. The fourth-order valence-corrected chi connectivity index (χ4v) is 3.57. The largest absolute Gasteiger partial charge is 0.296 e. The maximum Gasteiger partial charge on any atom is 0.0388 e. The van der Waals surface area contributed by atoms with Crippen LogP contribution in [0, 0.1) is 3.57 Å². The van der Waals surface area contributed by atoms with E-state index in [9.17, 15) is 0 Å². The second-order valence-electron chi connectivity index (χ2n) is 5.85. The van der Waals surface area contributed by atoms with E-state index in [0.717, 1.165) is 6.42 Å². The molecule has 110 valence electrons. The number of hydrogen-bond donors (Lipinski definition) is 0. The summed E-state index contributed by atoms with van der Waals surface area (Å²) in [5.41, 5.74) is 2.90. The van der Waals surface area contributed by atoms with Gasteiger partial charge in [0.1, 0.15) is 0 Å². The number of rotatable bonds is 4. The van der Waals surface area contributed by atoms with Crippen LogP contribution in [0.25, 0.3) is 0 Å². The van der Waals surface area contributed by atoms with E-state index >= 15 is 0 Å². The van der Waals surface area contributed by atoms with Gasteiger partial charge >= 0.3 is 0 Å². The minimum Gasteiger partial charge on any atom is -0.296 e. The summed E-state index contributed by atoms with van der Waals surface area (Å²) in [5.74, 6) is 0. The highest BCUT2D eigenvalue weighted by atomic mass is 127. The number of hydrogen-bond acceptors (Lipinski definition) is 1. The van der Waals surface area contributed by atoms with Crippen LogP contribution in [0.1, 0.15) is 36.4 Å². The van der Waals surface area contributed by atoms with Crippen molar-refractivity contribution in [1.82, 2.24) is 4.90 Å². The van der Waals surface area contributed by atoms with Crippen molar-refractivity contribution in [2.24, 2.45) is 0 Å². The van der Waals surface area contributed by atoms with Crippen molar-refractivity contribution >= 4 is 22.6 Å². The third-order valence-electron chi connectivity index (χ3n) is 4.36. The van der Waals surface area contributed by atoms with E-state index in [0.29, 0.717) is 6.04 Å². The van der Waals surface area contributed by atoms with Gasteiger partial charge in [0.2, 0.25) is 0 Å². The monoisotopic (exact) mass is 391 g/mol. The lowest BCUT2D eigenvalue weighted by Gasteiger charge is -2.35. The molecule has 21 heavy (non-hydrogen) atoms. The highest BCUT2D eigenvalue weighted by molar-refractivity contribution is 14.1. The van der Waals surface area contributed by atoms with Crippen molar-refractivity contribution in [1.29, 1.82) is 0 Å². The number of likely N-dealkylation sites (tertiary alicyclic amines) is 1. The second-order valence-corrected chi connectivity index (χ2v) is 7.10. The number of halogens is 1. The summed E-state index contributed by atoms with van der Waals surface area (Å²) in [6.45, 7) is 2.48. The zero-order valence-electron chi connectivity index (χ0n) is 12.3. The SMILES string of the molecule is Ic1ccc(C(Cc2ccccc2)N2CCCCC2)cc1. The molecule has 2 heteroatoms. The van der Waals surface area contributed by atoms with E-state index in [1.807, 2.05) is 0 Å². The van der Waals surface area contributed by atoms with Gasteiger partial charge < -0.3 is 0 Å². The summed E-state index contributed by atoms with van der Waals surface area (Å²) < 4.78 is 1.31. The molecule has 0 N–H and O–H groups in total. The molecule has 0 spiro atoms. The normalized spacial score (nSPS) is 17.6. The third-order valence-corrected chi connectivity index (χ3v) is 5.08. The van der Waals surface area contributed by atoms with Crippen LogP contribution < -0.4 is 0 Å². The van der Waals surface area contributed by atoms with Crippen molar-refractivity contribution in [3.05, 3.63) is 69.3 Å². The molecular weight excluding hydrogens is 369 g/mol. The predicted molar refractivity (Wildman–Crippen MR) is 97.5 cm³/mol.